The lowest BCUT2D eigenvalue weighted by Gasteiger charge is -2.34. The number of ether oxygens (including phenoxy) is 2. The van der Waals surface area contributed by atoms with Crippen LogP contribution in [0, 0.1) is 5.92 Å². The molecule has 3 rings (SSSR count). The number of carbonyl (C=O) groups excluding carboxylic acids is 3. The molecule has 8 heteroatoms. The standard InChI is InChI=1S/C24H33N3O5/c1-5-21(28)26-12-6-7-18(15-26)22(29)25-19-10-8-17(9-11-19)20-16-27(13-14-31-20)23(30)32-24(2,3)4/h5,8-11,18,20H,1,6-7,12-16H2,2-4H3,(H,25,29). The molecule has 2 fully saturated rings. The van der Waals surface area contributed by atoms with Crippen molar-refractivity contribution in [2.45, 2.75) is 45.3 Å². The number of nitrogens with one attached hydrogen (secondary N) is 1. The minimum atomic E-state index is -0.543. The van der Waals surface area contributed by atoms with Crippen LogP contribution in [0.15, 0.2) is 36.9 Å². The molecule has 2 atom stereocenters. The Balaban J connectivity index is 1.56. The van der Waals surface area contributed by atoms with Gasteiger partial charge < -0.3 is 24.6 Å². The van der Waals surface area contributed by atoms with Crippen molar-refractivity contribution in [3.05, 3.63) is 42.5 Å². The lowest BCUT2D eigenvalue weighted by atomic mass is 9.97. The van der Waals surface area contributed by atoms with E-state index in [1.54, 1.807) is 9.80 Å². The van der Waals surface area contributed by atoms with Crippen molar-refractivity contribution < 1.29 is 23.9 Å². The van der Waals surface area contributed by atoms with Crippen LogP contribution in [0.4, 0.5) is 10.5 Å². The van der Waals surface area contributed by atoms with Gasteiger partial charge in [0.25, 0.3) is 0 Å². The highest BCUT2D eigenvalue weighted by molar-refractivity contribution is 5.93. The molecule has 174 valence electrons. The van der Waals surface area contributed by atoms with E-state index >= 15 is 0 Å². The predicted molar refractivity (Wildman–Crippen MR) is 121 cm³/mol. The summed E-state index contributed by atoms with van der Waals surface area (Å²) in [5, 5.41) is 2.94. The van der Waals surface area contributed by atoms with Gasteiger partial charge >= 0.3 is 6.09 Å². The van der Waals surface area contributed by atoms with E-state index in [4.69, 9.17) is 9.47 Å². The highest BCUT2D eigenvalue weighted by Gasteiger charge is 2.30. The number of carbonyl (C=O) groups is 3. The SMILES string of the molecule is C=CC(=O)N1CCCC(C(=O)Nc2ccc(C3CN(C(=O)OC(C)(C)C)CCO3)cc2)C1. The highest BCUT2D eigenvalue weighted by Crippen LogP contribution is 2.25. The number of piperidine rings is 1. The molecule has 1 aromatic rings. The average Bonchev–Trinajstić information content (AvgIpc) is 2.78. The van der Waals surface area contributed by atoms with Crippen LogP contribution in [0.1, 0.15) is 45.3 Å². The molecule has 2 heterocycles. The Morgan fingerprint density at radius 2 is 1.84 bits per heavy atom. The lowest BCUT2D eigenvalue weighted by molar-refractivity contribution is -0.130. The van der Waals surface area contributed by atoms with Crippen LogP contribution in [0.3, 0.4) is 0 Å². The Morgan fingerprint density at radius 1 is 1.12 bits per heavy atom. The molecule has 0 saturated carbocycles. The monoisotopic (exact) mass is 443 g/mol. The number of morpholine rings is 1. The molecular formula is C24H33N3O5. The number of anilines is 1. The van der Waals surface area contributed by atoms with Crippen LogP contribution in [-0.2, 0) is 19.1 Å². The second-order valence-corrected chi connectivity index (χ2v) is 9.22. The third kappa shape index (κ3) is 6.32. The zero-order chi connectivity index (χ0) is 23.3. The molecule has 2 unspecified atom stereocenters. The van der Waals surface area contributed by atoms with E-state index in [-0.39, 0.29) is 29.9 Å². The third-order valence-electron chi connectivity index (χ3n) is 5.55. The van der Waals surface area contributed by atoms with E-state index in [2.05, 4.69) is 11.9 Å². The first-order valence-corrected chi connectivity index (χ1v) is 11.1. The summed E-state index contributed by atoms with van der Waals surface area (Å²) in [7, 11) is 0. The van der Waals surface area contributed by atoms with E-state index in [1.807, 2.05) is 45.0 Å². The minimum Gasteiger partial charge on any atom is -0.444 e. The first kappa shape index (κ1) is 23.8. The fraction of sp³-hybridized carbons (Fsp3) is 0.542. The van der Waals surface area contributed by atoms with Gasteiger partial charge in [-0.3, -0.25) is 9.59 Å². The van der Waals surface area contributed by atoms with Gasteiger partial charge in [-0.15, -0.1) is 0 Å². The fourth-order valence-electron chi connectivity index (χ4n) is 3.89. The van der Waals surface area contributed by atoms with Gasteiger partial charge in [-0.2, -0.15) is 0 Å². The highest BCUT2D eigenvalue weighted by atomic mass is 16.6. The van der Waals surface area contributed by atoms with Gasteiger partial charge in [-0.05, 0) is 57.4 Å². The molecule has 1 aromatic carbocycles. The summed E-state index contributed by atoms with van der Waals surface area (Å²) in [4.78, 5) is 40.2. The maximum atomic E-state index is 12.7. The number of benzene rings is 1. The van der Waals surface area contributed by atoms with Crippen LogP contribution in [0.25, 0.3) is 0 Å². The first-order valence-electron chi connectivity index (χ1n) is 11.1. The smallest absolute Gasteiger partial charge is 0.410 e. The van der Waals surface area contributed by atoms with Crippen LogP contribution >= 0.6 is 0 Å². The summed E-state index contributed by atoms with van der Waals surface area (Å²) in [6, 6.07) is 7.46. The topological polar surface area (TPSA) is 88.2 Å². The lowest BCUT2D eigenvalue weighted by Crippen LogP contribution is -2.44. The normalized spacial score (nSPS) is 21.6. The van der Waals surface area contributed by atoms with E-state index in [1.165, 1.54) is 6.08 Å². The van der Waals surface area contributed by atoms with E-state index in [0.29, 0.717) is 38.5 Å². The molecule has 0 bridgehead atoms. The van der Waals surface area contributed by atoms with Crippen molar-refractivity contribution in [3.63, 3.8) is 0 Å². The molecule has 0 radical (unpaired) electrons. The second-order valence-electron chi connectivity index (χ2n) is 9.22. The van der Waals surface area contributed by atoms with Crippen LogP contribution in [-0.4, -0.2) is 66.1 Å². The largest absolute Gasteiger partial charge is 0.444 e. The van der Waals surface area contributed by atoms with Gasteiger partial charge in [0.05, 0.1) is 19.1 Å². The Bertz CT molecular complexity index is 846. The summed E-state index contributed by atoms with van der Waals surface area (Å²) in [6.07, 6.45) is 2.24. The van der Waals surface area contributed by atoms with Gasteiger partial charge in [0.15, 0.2) is 0 Å². The van der Waals surface area contributed by atoms with Crippen molar-refractivity contribution in [2.24, 2.45) is 5.92 Å². The maximum absolute atomic E-state index is 12.7. The number of rotatable bonds is 4. The van der Waals surface area contributed by atoms with Crippen LogP contribution in [0.2, 0.25) is 0 Å². The molecule has 2 aliphatic heterocycles. The van der Waals surface area contributed by atoms with Gasteiger partial charge in [-0.1, -0.05) is 18.7 Å². The Morgan fingerprint density at radius 3 is 2.50 bits per heavy atom. The van der Waals surface area contributed by atoms with E-state index in [0.717, 1.165) is 18.4 Å². The van der Waals surface area contributed by atoms with Gasteiger partial charge in [0, 0.05) is 25.3 Å². The Hall–Kier alpha value is -2.87. The van der Waals surface area contributed by atoms with Gasteiger partial charge in [-0.25, -0.2) is 4.79 Å². The average molecular weight is 444 g/mol. The minimum absolute atomic E-state index is 0.0932. The van der Waals surface area contributed by atoms with E-state index < -0.39 is 5.60 Å². The van der Waals surface area contributed by atoms with Crippen molar-refractivity contribution in [3.8, 4) is 0 Å². The molecular weight excluding hydrogens is 410 g/mol. The number of hydrogen-bond acceptors (Lipinski definition) is 5. The predicted octanol–water partition coefficient (Wildman–Crippen LogP) is 3.36. The molecule has 0 aliphatic carbocycles. The number of hydrogen-bond donors (Lipinski definition) is 1. The Kier molecular flexibility index (Phi) is 7.56. The summed E-state index contributed by atoms with van der Waals surface area (Å²) < 4.78 is 11.3. The van der Waals surface area contributed by atoms with Crippen molar-refractivity contribution in [1.29, 1.82) is 0 Å². The molecule has 32 heavy (non-hydrogen) atoms. The molecule has 8 nitrogen and oxygen atoms in total. The summed E-state index contributed by atoms with van der Waals surface area (Å²) in [5.41, 5.74) is 1.07. The van der Waals surface area contributed by atoms with Crippen molar-refractivity contribution >= 4 is 23.6 Å². The summed E-state index contributed by atoms with van der Waals surface area (Å²) in [5.74, 6) is -0.472. The number of nitrogens with zero attached hydrogens (tertiary/aromatic N) is 2. The fourth-order valence-corrected chi connectivity index (χ4v) is 3.89. The second kappa shape index (κ2) is 10.2. The first-order chi connectivity index (χ1) is 15.2. The van der Waals surface area contributed by atoms with Crippen molar-refractivity contribution in [1.82, 2.24) is 9.80 Å². The van der Waals surface area contributed by atoms with Crippen LogP contribution < -0.4 is 5.32 Å². The molecule has 1 N–H and O–H groups in total. The zero-order valence-corrected chi connectivity index (χ0v) is 19.1. The third-order valence-corrected chi connectivity index (χ3v) is 5.55. The van der Waals surface area contributed by atoms with E-state index in [9.17, 15) is 14.4 Å². The molecule has 3 amide bonds. The van der Waals surface area contributed by atoms with Gasteiger partial charge in [0.1, 0.15) is 11.7 Å². The summed E-state index contributed by atoms with van der Waals surface area (Å²) in [6.45, 7) is 11.5. The molecule has 2 saturated heterocycles. The maximum Gasteiger partial charge on any atom is 0.410 e. The molecule has 0 aromatic heterocycles. The number of amides is 3. The van der Waals surface area contributed by atoms with Gasteiger partial charge in [0.2, 0.25) is 11.8 Å². The Labute approximate surface area is 189 Å². The van der Waals surface area contributed by atoms with Crippen LogP contribution in [0.5, 0.6) is 0 Å². The zero-order valence-electron chi connectivity index (χ0n) is 19.1. The summed E-state index contributed by atoms with van der Waals surface area (Å²) >= 11 is 0. The molecule has 2 aliphatic rings. The quantitative estimate of drug-likeness (QED) is 0.721. The van der Waals surface area contributed by atoms with Crippen molar-refractivity contribution in [2.75, 3.05) is 38.1 Å². The number of likely N-dealkylation sites (tertiary alicyclic amines) is 1. The molecule has 0 spiro atoms.